The lowest BCUT2D eigenvalue weighted by molar-refractivity contribution is 0.0910. The Morgan fingerprint density at radius 2 is 1.96 bits per heavy atom. The number of H-pyrrole nitrogens is 1. The second kappa shape index (κ2) is 6.79. The highest BCUT2D eigenvalue weighted by molar-refractivity contribution is 14.1. The van der Waals surface area contributed by atoms with E-state index in [0.29, 0.717) is 0 Å². The fourth-order valence-corrected chi connectivity index (χ4v) is 2.75. The molecule has 0 saturated carbocycles. The summed E-state index contributed by atoms with van der Waals surface area (Å²) in [5.41, 5.74) is -0.247. The molecular formula is C17H16IN5O2. The van der Waals surface area contributed by atoms with E-state index in [1.54, 1.807) is 12.4 Å². The maximum Gasteiger partial charge on any atom is 0.265 e. The number of nitrogens with one attached hydrogen (secondary N) is 2. The molecule has 8 heteroatoms. The van der Waals surface area contributed by atoms with Gasteiger partial charge in [0.05, 0.1) is 15.3 Å². The highest BCUT2D eigenvalue weighted by Gasteiger charge is 2.24. The predicted molar refractivity (Wildman–Crippen MR) is 102 cm³/mol. The van der Waals surface area contributed by atoms with Crippen LogP contribution in [-0.2, 0) is 5.54 Å². The van der Waals surface area contributed by atoms with E-state index in [1.165, 1.54) is 10.9 Å². The van der Waals surface area contributed by atoms with Crippen LogP contribution in [0.1, 0.15) is 29.8 Å². The van der Waals surface area contributed by atoms with E-state index in [2.05, 4.69) is 43.0 Å². The SMILES string of the molecule is CC(C)(NC(=O)c1cnc(-n2cc(I)cn2)[nH]c1=O)c1ccccc1. The van der Waals surface area contributed by atoms with E-state index < -0.39 is 17.0 Å². The van der Waals surface area contributed by atoms with Crippen LogP contribution >= 0.6 is 22.6 Å². The van der Waals surface area contributed by atoms with Gasteiger partial charge in [-0.15, -0.1) is 0 Å². The van der Waals surface area contributed by atoms with Crippen LogP contribution in [0.3, 0.4) is 0 Å². The van der Waals surface area contributed by atoms with E-state index in [9.17, 15) is 9.59 Å². The van der Waals surface area contributed by atoms with Crippen LogP contribution in [0.2, 0.25) is 0 Å². The Kier molecular flexibility index (Phi) is 4.71. The van der Waals surface area contributed by atoms with Crippen molar-refractivity contribution >= 4 is 28.5 Å². The zero-order valence-electron chi connectivity index (χ0n) is 13.7. The van der Waals surface area contributed by atoms with E-state index in [0.717, 1.165) is 9.13 Å². The first-order chi connectivity index (χ1) is 11.9. The first kappa shape index (κ1) is 17.3. The standard InChI is InChI=1S/C17H16IN5O2/c1-17(2,11-6-4-3-5-7-11)22-15(25)13-9-19-16(21-14(13)24)23-10-12(18)8-20-23/h3-10H,1-2H3,(H,22,25)(H,19,21,24). The molecule has 3 rings (SSSR count). The lowest BCUT2D eigenvalue weighted by Gasteiger charge is -2.26. The van der Waals surface area contributed by atoms with E-state index in [4.69, 9.17) is 0 Å². The van der Waals surface area contributed by atoms with E-state index in [1.807, 2.05) is 44.2 Å². The Balaban J connectivity index is 1.84. The average Bonchev–Trinajstić information content (AvgIpc) is 3.01. The number of halogens is 1. The summed E-state index contributed by atoms with van der Waals surface area (Å²) < 4.78 is 2.35. The molecule has 2 heterocycles. The zero-order chi connectivity index (χ0) is 18.0. The molecule has 3 aromatic rings. The Labute approximate surface area is 157 Å². The Morgan fingerprint density at radius 1 is 1.24 bits per heavy atom. The van der Waals surface area contributed by atoms with Crippen molar-refractivity contribution in [2.24, 2.45) is 0 Å². The van der Waals surface area contributed by atoms with Crippen LogP contribution in [0.15, 0.2) is 53.7 Å². The number of amides is 1. The van der Waals surface area contributed by atoms with Gasteiger partial charge in [0.15, 0.2) is 0 Å². The van der Waals surface area contributed by atoms with Crippen molar-refractivity contribution in [3.63, 3.8) is 0 Å². The molecule has 2 aromatic heterocycles. The number of hydrogen-bond acceptors (Lipinski definition) is 4. The van der Waals surface area contributed by atoms with Gasteiger partial charge in [-0.3, -0.25) is 14.6 Å². The molecule has 0 spiro atoms. The summed E-state index contributed by atoms with van der Waals surface area (Å²) >= 11 is 2.11. The maximum absolute atomic E-state index is 12.5. The van der Waals surface area contributed by atoms with Crippen molar-refractivity contribution < 1.29 is 4.79 Å². The van der Waals surface area contributed by atoms with Gasteiger partial charge in [-0.05, 0) is 42.0 Å². The molecule has 7 nitrogen and oxygen atoms in total. The third-order valence-electron chi connectivity index (χ3n) is 3.72. The fraction of sp³-hybridized carbons (Fsp3) is 0.176. The molecule has 0 saturated heterocycles. The minimum absolute atomic E-state index is 0.0467. The van der Waals surface area contributed by atoms with Crippen LogP contribution < -0.4 is 10.9 Å². The van der Waals surface area contributed by atoms with Crippen molar-refractivity contribution in [3.05, 3.63) is 74.0 Å². The van der Waals surface area contributed by atoms with E-state index in [-0.39, 0.29) is 11.5 Å². The monoisotopic (exact) mass is 449 g/mol. The van der Waals surface area contributed by atoms with Gasteiger partial charge < -0.3 is 5.32 Å². The molecule has 25 heavy (non-hydrogen) atoms. The lowest BCUT2D eigenvalue weighted by atomic mass is 9.94. The highest BCUT2D eigenvalue weighted by atomic mass is 127. The van der Waals surface area contributed by atoms with Crippen molar-refractivity contribution in [1.29, 1.82) is 0 Å². The average molecular weight is 449 g/mol. The number of nitrogens with zero attached hydrogens (tertiary/aromatic N) is 3. The summed E-state index contributed by atoms with van der Waals surface area (Å²) in [5.74, 6) is -0.226. The molecule has 0 fully saturated rings. The minimum Gasteiger partial charge on any atom is -0.343 e. The molecule has 128 valence electrons. The maximum atomic E-state index is 12.5. The first-order valence-electron chi connectivity index (χ1n) is 7.55. The molecule has 0 atom stereocenters. The van der Waals surface area contributed by atoms with Crippen LogP contribution in [0.5, 0.6) is 0 Å². The summed E-state index contributed by atoms with van der Waals surface area (Å²) in [6.45, 7) is 3.75. The summed E-state index contributed by atoms with van der Waals surface area (Å²) in [6.07, 6.45) is 4.62. The molecule has 0 aliphatic carbocycles. The van der Waals surface area contributed by atoms with Crippen LogP contribution in [-0.4, -0.2) is 25.7 Å². The number of carbonyl (C=O) groups excluding carboxylic acids is 1. The normalized spacial score (nSPS) is 11.3. The van der Waals surface area contributed by atoms with Gasteiger partial charge in [0.2, 0.25) is 5.95 Å². The summed E-state index contributed by atoms with van der Waals surface area (Å²) in [5, 5.41) is 6.95. The van der Waals surface area contributed by atoms with Gasteiger partial charge in [-0.25, -0.2) is 9.67 Å². The van der Waals surface area contributed by atoms with Gasteiger partial charge in [-0.1, -0.05) is 30.3 Å². The summed E-state index contributed by atoms with van der Waals surface area (Å²) in [7, 11) is 0. The summed E-state index contributed by atoms with van der Waals surface area (Å²) in [4.78, 5) is 31.5. The van der Waals surface area contributed by atoms with Crippen molar-refractivity contribution in [2.75, 3.05) is 0 Å². The van der Waals surface area contributed by atoms with Crippen molar-refractivity contribution in [2.45, 2.75) is 19.4 Å². The van der Waals surface area contributed by atoms with Gasteiger partial charge in [-0.2, -0.15) is 5.10 Å². The number of benzene rings is 1. The fourth-order valence-electron chi connectivity index (χ4n) is 2.36. The molecule has 2 N–H and O–H groups in total. The lowest BCUT2D eigenvalue weighted by Crippen LogP contribution is -2.43. The largest absolute Gasteiger partial charge is 0.343 e. The van der Waals surface area contributed by atoms with Gasteiger partial charge >= 0.3 is 0 Å². The Hall–Kier alpha value is -2.49. The predicted octanol–water partition coefficient (Wildman–Crippen LogP) is 2.23. The van der Waals surface area contributed by atoms with Crippen LogP contribution in [0, 0.1) is 3.57 Å². The topological polar surface area (TPSA) is 92.7 Å². The number of carbonyl (C=O) groups is 1. The second-order valence-corrected chi connectivity index (χ2v) is 7.24. The Bertz CT molecular complexity index is 962. The smallest absolute Gasteiger partial charge is 0.265 e. The number of hydrogen-bond donors (Lipinski definition) is 2. The molecule has 1 aromatic carbocycles. The molecule has 0 unspecified atom stereocenters. The van der Waals surface area contributed by atoms with Gasteiger partial charge in [0.1, 0.15) is 5.56 Å². The zero-order valence-corrected chi connectivity index (χ0v) is 15.8. The number of rotatable bonds is 4. The van der Waals surface area contributed by atoms with Crippen LogP contribution in [0.4, 0.5) is 0 Å². The molecule has 0 aliphatic heterocycles. The molecule has 0 radical (unpaired) electrons. The van der Waals surface area contributed by atoms with Crippen molar-refractivity contribution in [3.8, 4) is 5.95 Å². The minimum atomic E-state index is -0.623. The van der Waals surface area contributed by atoms with Gasteiger partial charge in [0, 0.05) is 12.4 Å². The highest BCUT2D eigenvalue weighted by Crippen LogP contribution is 2.19. The second-order valence-electron chi connectivity index (χ2n) is 6.00. The quantitative estimate of drug-likeness (QED) is 0.598. The third kappa shape index (κ3) is 3.78. The third-order valence-corrected chi connectivity index (χ3v) is 4.28. The van der Waals surface area contributed by atoms with Crippen molar-refractivity contribution in [1.82, 2.24) is 25.1 Å². The summed E-state index contributed by atoms with van der Waals surface area (Å²) in [6, 6.07) is 9.55. The van der Waals surface area contributed by atoms with Crippen LogP contribution in [0.25, 0.3) is 5.95 Å². The molecular weight excluding hydrogens is 433 g/mol. The molecule has 0 aliphatic rings. The molecule has 0 bridgehead atoms. The number of aromatic amines is 1. The first-order valence-corrected chi connectivity index (χ1v) is 8.62. The van der Waals surface area contributed by atoms with E-state index >= 15 is 0 Å². The van der Waals surface area contributed by atoms with Gasteiger partial charge in [0.25, 0.3) is 11.5 Å². The number of aromatic nitrogens is 4. The Morgan fingerprint density at radius 3 is 2.56 bits per heavy atom. The molecule has 1 amide bonds.